The van der Waals surface area contributed by atoms with Crippen LogP contribution in [0.1, 0.15) is 43.9 Å². The van der Waals surface area contributed by atoms with Crippen molar-refractivity contribution in [3.05, 3.63) is 35.4 Å². The molecule has 0 aliphatic heterocycles. The zero-order chi connectivity index (χ0) is 9.47. The van der Waals surface area contributed by atoms with E-state index in [9.17, 15) is 0 Å². The fraction of sp³-hybridized carbons (Fsp3) is 0.500. The molecular formula is C12H17N. The van der Waals surface area contributed by atoms with Gasteiger partial charge in [0.2, 0.25) is 0 Å². The zero-order valence-corrected chi connectivity index (χ0v) is 8.38. The lowest BCUT2D eigenvalue weighted by Gasteiger charge is -2.35. The van der Waals surface area contributed by atoms with Crippen LogP contribution in [0.2, 0.25) is 0 Å². The molecule has 1 aromatic rings. The maximum atomic E-state index is 6.07. The lowest BCUT2D eigenvalue weighted by Crippen LogP contribution is -2.29. The average Bonchev–Trinajstić information content (AvgIpc) is 2.13. The van der Waals surface area contributed by atoms with Gasteiger partial charge in [-0.25, -0.2) is 0 Å². The number of hydrogen-bond donors (Lipinski definition) is 1. The fourth-order valence-corrected chi connectivity index (χ4v) is 2.24. The first-order chi connectivity index (χ1) is 6.11. The first-order valence-electron chi connectivity index (χ1n) is 4.96. The van der Waals surface area contributed by atoms with Gasteiger partial charge in [0.25, 0.3) is 0 Å². The van der Waals surface area contributed by atoms with Crippen molar-refractivity contribution in [3.63, 3.8) is 0 Å². The molecule has 0 saturated carbocycles. The van der Waals surface area contributed by atoms with Gasteiger partial charge in [0, 0.05) is 6.04 Å². The van der Waals surface area contributed by atoms with Crippen molar-refractivity contribution in [1.82, 2.24) is 0 Å². The van der Waals surface area contributed by atoms with E-state index < -0.39 is 0 Å². The SMILES string of the molecule is CC1(C)CCC(N)c2ccccc21. The third-order valence-electron chi connectivity index (χ3n) is 3.17. The molecule has 0 amide bonds. The highest BCUT2D eigenvalue weighted by Crippen LogP contribution is 2.39. The van der Waals surface area contributed by atoms with Crippen molar-refractivity contribution in [3.8, 4) is 0 Å². The summed E-state index contributed by atoms with van der Waals surface area (Å²) in [6, 6.07) is 8.83. The minimum atomic E-state index is 0.254. The highest BCUT2D eigenvalue weighted by atomic mass is 14.6. The molecule has 2 rings (SSSR count). The van der Waals surface area contributed by atoms with Gasteiger partial charge in [-0.1, -0.05) is 38.1 Å². The van der Waals surface area contributed by atoms with Gasteiger partial charge in [0.1, 0.15) is 0 Å². The third-order valence-corrected chi connectivity index (χ3v) is 3.17. The van der Waals surface area contributed by atoms with Crippen LogP contribution in [0.15, 0.2) is 24.3 Å². The van der Waals surface area contributed by atoms with Crippen LogP contribution in [0.4, 0.5) is 0 Å². The standard InChI is InChI=1S/C12H17N/c1-12(2)8-7-11(13)9-5-3-4-6-10(9)12/h3-6,11H,7-8,13H2,1-2H3. The normalized spacial score (nSPS) is 25.3. The van der Waals surface area contributed by atoms with Crippen LogP contribution in [0.3, 0.4) is 0 Å². The van der Waals surface area contributed by atoms with Crippen LogP contribution < -0.4 is 5.73 Å². The summed E-state index contributed by atoms with van der Waals surface area (Å²) < 4.78 is 0. The van der Waals surface area contributed by atoms with Crippen molar-refractivity contribution < 1.29 is 0 Å². The van der Waals surface area contributed by atoms with E-state index in [4.69, 9.17) is 5.73 Å². The molecule has 1 aliphatic carbocycles. The number of nitrogens with two attached hydrogens (primary N) is 1. The quantitative estimate of drug-likeness (QED) is 0.644. The van der Waals surface area contributed by atoms with Gasteiger partial charge >= 0.3 is 0 Å². The Kier molecular flexibility index (Phi) is 1.92. The molecule has 13 heavy (non-hydrogen) atoms. The Labute approximate surface area is 80.0 Å². The van der Waals surface area contributed by atoms with Crippen LogP contribution in [0.25, 0.3) is 0 Å². The van der Waals surface area contributed by atoms with E-state index in [0.29, 0.717) is 5.41 Å². The van der Waals surface area contributed by atoms with Crippen LogP contribution in [0, 0.1) is 0 Å². The number of rotatable bonds is 0. The molecule has 1 aromatic carbocycles. The second-order valence-electron chi connectivity index (χ2n) is 4.62. The van der Waals surface area contributed by atoms with E-state index in [1.54, 1.807) is 0 Å². The molecule has 1 atom stereocenters. The Morgan fingerprint density at radius 1 is 1.31 bits per heavy atom. The first kappa shape index (κ1) is 8.76. The molecule has 0 heterocycles. The topological polar surface area (TPSA) is 26.0 Å². The summed E-state index contributed by atoms with van der Waals surface area (Å²) >= 11 is 0. The van der Waals surface area contributed by atoms with E-state index in [0.717, 1.165) is 6.42 Å². The Balaban J connectivity index is 2.55. The molecule has 1 nitrogen and oxygen atoms in total. The lowest BCUT2D eigenvalue weighted by molar-refractivity contribution is 0.396. The van der Waals surface area contributed by atoms with Crippen LogP contribution in [-0.2, 0) is 5.41 Å². The predicted molar refractivity (Wildman–Crippen MR) is 55.6 cm³/mol. The summed E-state index contributed by atoms with van der Waals surface area (Å²) in [7, 11) is 0. The Bertz CT molecular complexity index is 315. The molecule has 0 radical (unpaired) electrons. The van der Waals surface area contributed by atoms with Gasteiger partial charge in [-0.2, -0.15) is 0 Å². The van der Waals surface area contributed by atoms with E-state index in [1.165, 1.54) is 17.5 Å². The number of benzene rings is 1. The zero-order valence-electron chi connectivity index (χ0n) is 8.38. The highest BCUT2D eigenvalue weighted by Gasteiger charge is 2.30. The fourth-order valence-electron chi connectivity index (χ4n) is 2.24. The molecule has 0 aromatic heterocycles. The molecule has 1 aliphatic rings. The molecule has 70 valence electrons. The monoisotopic (exact) mass is 175 g/mol. The molecule has 2 N–H and O–H groups in total. The van der Waals surface area contributed by atoms with E-state index in [2.05, 4.69) is 38.1 Å². The Hall–Kier alpha value is -0.820. The minimum absolute atomic E-state index is 0.254. The van der Waals surface area contributed by atoms with Gasteiger partial charge in [-0.3, -0.25) is 0 Å². The van der Waals surface area contributed by atoms with Gasteiger partial charge in [-0.05, 0) is 29.4 Å². The second kappa shape index (κ2) is 2.85. The van der Waals surface area contributed by atoms with Gasteiger partial charge < -0.3 is 5.73 Å². The Morgan fingerprint density at radius 3 is 2.69 bits per heavy atom. The molecule has 1 heteroatoms. The van der Waals surface area contributed by atoms with Crippen LogP contribution in [-0.4, -0.2) is 0 Å². The molecule has 0 spiro atoms. The number of fused-ring (bicyclic) bond motifs is 1. The van der Waals surface area contributed by atoms with Gasteiger partial charge in [0.05, 0.1) is 0 Å². The van der Waals surface area contributed by atoms with E-state index >= 15 is 0 Å². The summed E-state index contributed by atoms with van der Waals surface area (Å²) in [5, 5.41) is 0. The summed E-state index contributed by atoms with van der Waals surface area (Å²) in [6.45, 7) is 4.61. The highest BCUT2D eigenvalue weighted by molar-refractivity contribution is 5.37. The van der Waals surface area contributed by atoms with Gasteiger partial charge in [0.15, 0.2) is 0 Å². The van der Waals surface area contributed by atoms with Crippen molar-refractivity contribution in [2.75, 3.05) is 0 Å². The number of hydrogen-bond acceptors (Lipinski definition) is 1. The largest absolute Gasteiger partial charge is 0.324 e. The van der Waals surface area contributed by atoms with E-state index in [-0.39, 0.29) is 6.04 Å². The van der Waals surface area contributed by atoms with Gasteiger partial charge in [-0.15, -0.1) is 0 Å². The maximum Gasteiger partial charge on any atom is 0.0298 e. The smallest absolute Gasteiger partial charge is 0.0298 e. The van der Waals surface area contributed by atoms with Crippen LogP contribution in [0.5, 0.6) is 0 Å². The van der Waals surface area contributed by atoms with Crippen LogP contribution >= 0.6 is 0 Å². The first-order valence-corrected chi connectivity index (χ1v) is 4.96. The van der Waals surface area contributed by atoms with Crippen molar-refractivity contribution in [2.45, 2.75) is 38.1 Å². The second-order valence-corrected chi connectivity index (χ2v) is 4.62. The molecule has 0 fully saturated rings. The lowest BCUT2D eigenvalue weighted by atomic mass is 9.71. The van der Waals surface area contributed by atoms with E-state index in [1.807, 2.05) is 0 Å². The minimum Gasteiger partial charge on any atom is -0.324 e. The molecule has 1 unspecified atom stereocenters. The third kappa shape index (κ3) is 1.37. The average molecular weight is 175 g/mol. The van der Waals surface area contributed by atoms with Crippen molar-refractivity contribution >= 4 is 0 Å². The molecule has 0 saturated heterocycles. The molecule has 0 bridgehead atoms. The summed E-state index contributed by atoms with van der Waals surface area (Å²) in [4.78, 5) is 0. The molecular weight excluding hydrogens is 158 g/mol. The summed E-state index contributed by atoms with van der Waals surface area (Å²) in [5.41, 5.74) is 9.16. The van der Waals surface area contributed by atoms with Crippen molar-refractivity contribution in [1.29, 1.82) is 0 Å². The van der Waals surface area contributed by atoms with Crippen molar-refractivity contribution in [2.24, 2.45) is 5.73 Å². The Morgan fingerprint density at radius 2 is 2.00 bits per heavy atom. The predicted octanol–water partition coefficient (Wildman–Crippen LogP) is 2.76. The summed E-state index contributed by atoms with van der Waals surface area (Å²) in [5.74, 6) is 0. The maximum absolute atomic E-state index is 6.07. The summed E-state index contributed by atoms with van der Waals surface area (Å²) in [6.07, 6.45) is 2.31.